The van der Waals surface area contributed by atoms with Crippen LogP contribution in [-0.4, -0.2) is 30.7 Å². The number of hydrazine groups is 1. The van der Waals surface area contributed by atoms with E-state index >= 15 is 0 Å². The van der Waals surface area contributed by atoms with Crippen molar-refractivity contribution in [3.63, 3.8) is 0 Å². The summed E-state index contributed by atoms with van der Waals surface area (Å²) in [5.41, 5.74) is 3.93. The molecule has 5 nitrogen and oxygen atoms in total. The van der Waals surface area contributed by atoms with Crippen LogP contribution in [0.4, 0.5) is 5.69 Å². The van der Waals surface area contributed by atoms with Gasteiger partial charge in [-0.25, -0.2) is 10.8 Å². The number of carbonyl (C=O) groups excluding carboxylic acids is 1. The van der Waals surface area contributed by atoms with E-state index < -0.39 is 5.91 Å². The second-order valence-corrected chi connectivity index (χ2v) is 3.64. The Balaban J connectivity index is 3.02. The van der Waals surface area contributed by atoms with Gasteiger partial charge >= 0.3 is 5.91 Å². The molecule has 16 heavy (non-hydrogen) atoms. The fraction of sp³-hybridized carbons (Fsp3) is 0.273. The number of likely N-dealkylation sites (N-methyl/N-ethyl adjacent to an activating group) is 1. The third-order valence-corrected chi connectivity index (χ3v) is 2.03. The molecule has 0 aliphatic carbocycles. The Morgan fingerprint density at radius 2 is 1.88 bits per heavy atom. The number of nitrogens with two attached hydrogens (primary N) is 1. The molecule has 1 aromatic rings. The van der Waals surface area contributed by atoms with E-state index in [1.165, 1.54) is 0 Å². The zero-order valence-corrected chi connectivity index (χ0v) is 9.69. The van der Waals surface area contributed by atoms with Crippen LogP contribution in [0.2, 0.25) is 0 Å². The smallest absolute Gasteiger partial charge is 0.300 e. The molecular formula is C11H16N4O. The Morgan fingerprint density at radius 1 is 1.31 bits per heavy atom. The largest absolute Gasteiger partial charge is 0.358 e. The van der Waals surface area contributed by atoms with Crippen LogP contribution >= 0.6 is 0 Å². The average molecular weight is 220 g/mol. The molecule has 0 bridgehead atoms. The molecule has 0 aliphatic rings. The highest BCUT2D eigenvalue weighted by molar-refractivity contribution is 6.37. The Hall–Kier alpha value is -1.88. The van der Waals surface area contributed by atoms with Crippen molar-refractivity contribution in [2.45, 2.75) is 6.92 Å². The quantitative estimate of drug-likeness (QED) is 0.239. The van der Waals surface area contributed by atoms with Gasteiger partial charge in [0.25, 0.3) is 0 Å². The number of aliphatic imine (C=N–C) groups is 1. The van der Waals surface area contributed by atoms with Gasteiger partial charge in [0.1, 0.15) is 0 Å². The highest BCUT2D eigenvalue weighted by Crippen LogP contribution is 2.13. The summed E-state index contributed by atoms with van der Waals surface area (Å²) in [4.78, 5) is 17.2. The Bertz CT molecular complexity index is 395. The lowest BCUT2D eigenvalue weighted by Gasteiger charge is -2.13. The van der Waals surface area contributed by atoms with Gasteiger partial charge in [-0.15, -0.1) is 0 Å². The molecule has 0 spiro atoms. The number of rotatable bonds is 1. The van der Waals surface area contributed by atoms with Gasteiger partial charge in [0.2, 0.25) is 0 Å². The minimum atomic E-state index is -0.412. The van der Waals surface area contributed by atoms with Crippen LogP contribution in [0.3, 0.4) is 0 Å². The molecule has 3 N–H and O–H groups in total. The van der Waals surface area contributed by atoms with E-state index in [1.54, 1.807) is 19.0 Å². The molecule has 1 rings (SSSR count). The Kier molecular flexibility index (Phi) is 4.02. The molecule has 86 valence electrons. The van der Waals surface area contributed by atoms with E-state index in [1.807, 2.05) is 31.2 Å². The Labute approximate surface area is 94.9 Å². The molecular weight excluding hydrogens is 204 g/mol. The number of amidine groups is 1. The summed E-state index contributed by atoms with van der Waals surface area (Å²) < 4.78 is 0. The van der Waals surface area contributed by atoms with Gasteiger partial charge in [-0.3, -0.25) is 10.2 Å². The van der Waals surface area contributed by atoms with E-state index in [9.17, 15) is 4.79 Å². The molecule has 0 unspecified atom stereocenters. The van der Waals surface area contributed by atoms with Crippen LogP contribution < -0.4 is 11.3 Å². The van der Waals surface area contributed by atoms with E-state index in [4.69, 9.17) is 5.84 Å². The van der Waals surface area contributed by atoms with Gasteiger partial charge in [-0.05, 0) is 19.1 Å². The third kappa shape index (κ3) is 3.06. The Morgan fingerprint density at radius 3 is 2.31 bits per heavy atom. The lowest BCUT2D eigenvalue weighted by molar-refractivity contribution is -0.115. The fourth-order valence-corrected chi connectivity index (χ4v) is 1.16. The number of hydrogen-bond donors (Lipinski definition) is 2. The first-order valence-corrected chi connectivity index (χ1v) is 4.88. The average Bonchev–Trinajstić information content (AvgIpc) is 2.27. The van der Waals surface area contributed by atoms with Crippen molar-refractivity contribution in [2.24, 2.45) is 10.8 Å². The third-order valence-electron chi connectivity index (χ3n) is 2.03. The minimum Gasteiger partial charge on any atom is -0.358 e. The molecule has 0 aliphatic heterocycles. The number of amides is 1. The number of nitrogens with one attached hydrogen (secondary N) is 1. The lowest BCUT2D eigenvalue weighted by Crippen LogP contribution is -2.42. The zero-order valence-electron chi connectivity index (χ0n) is 9.69. The van der Waals surface area contributed by atoms with Gasteiger partial charge in [-0.1, -0.05) is 17.7 Å². The molecule has 0 fully saturated rings. The molecule has 0 atom stereocenters. The van der Waals surface area contributed by atoms with E-state index in [-0.39, 0.29) is 5.84 Å². The summed E-state index contributed by atoms with van der Waals surface area (Å²) in [7, 11) is 3.48. The standard InChI is InChI=1S/C11H16N4O/c1-8-4-6-9(7-5-8)13-10(15(2)3)11(16)14-12/h4-7H,12H2,1-3H3,(H,14,16). The predicted octanol–water partition coefficient (Wildman–Crippen LogP) is 0.577. The van der Waals surface area contributed by atoms with Gasteiger partial charge in [-0.2, -0.15) is 0 Å². The van der Waals surface area contributed by atoms with Crippen LogP contribution in [0.1, 0.15) is 5.56 Å². The SMILES string of the molecule is Cc1ccc(N=C(C(=O)NN)N(C)C)cc1. The van der Waals surface area contributed by atoms with Crippen molar-refractivity contribution < 1.29 is 4.79 Å². The first-order chi connectivity index (χ1) is 7.54. The van der Waals surface area contributed by atoms with Crippen LogP contribution in [0.5, 0.6) is 0 Å². The number of aryl methyl sites for hydroxylation is 1. The van der Waals surface area contributed by atoms with Crippen LogP contribution in [0.15, 0.2) is 29.3 Å². The van der Waals surface area contributed by atoms with E-state index in [0.29, 0.717) is 0 Å². The molecule has 5 heteroatoms. The fourth-order valence-electron chi connectivity index (χ4n) is 1.16. The summed E-state index contributed by atoms with van der Waals surface area (Å²) in [6, 6.07) is 7.57. The minimum absolute atomic E-state index is 0.270. The maximum atomic E-state index is 11.4. The van der Waals surface area contributed by atoms with Crippen molar-refractivity contribution in [1.29, 1.82) is 0 Å². The van der Waals surface area contributed by atoms with Gasteiger partial charge < -0.3 is 4.90 Å². The van der Waals surface area contributed by atoms with Crippen molar-refractivity contribution in [3.05, 3.63) is 29.8 Å². The second-order valence-electron chi connectivity index (χ2n) is 3.64. The van der Waals surface area contributed by atoms with Crippen LogP contribution in [0, 0.1) is 6.92 Å². The summed E-state index contributed by atoms with van der Waals surface area (Å²) in [6.45, 7) is 1.99. The summed E-state index contributed by atoms with van der Waals surface area (Å²) in [6.07, 6.45) is 0. The first kappa shape index (κ1) is 12.2. The highest BCUT2D eigenvalue weighted by atomic mass is 16.2. The number of hydrogen-bond acceptors (Lipinski definition) is 3. The first-order valence-electron chi connectivity index (χ1n) is 4.88. The van der Waals surface area contributed by atoms with Crippen LogP contribution in [0.25, 0.3) is 0 Å². The number of benzene rings is 1. The van der Waals surface area contributed by atoms with E-state index in [2.05, 4.69) is 10.4 Å². The molecule has 0 saturated heterocycles. The molecule has 0 saturated carbocycles. The number of carbonyl (C=O) groups is 1. The summed E-state index contributed by atoms with van der Waals surface area (Å²) in [5.74, 6) is 4.94. The normalized spacial score (nSPS) is 11.1. The predicted molar refractivity (Wildman–Crippen MR) is 64.3 cm³/mol. The summed E-state index contributed by atoms with van der Waals surface area (Å²) in [5, 5.41) is 0. The van der Waals surface area contributed by atoms with E-state index in [0.717, 1.165) is 11.3 Å². The van der Waals surface area contributed by atoms with Crippen LogP contribution in [-0.2, 0) is 4.79 Å². The van der Waals surface area contributed by atoms with Crippen molar-refractivity contribution in [2.75, 3.05) is 14.1 Å². The maximum Gasteiger partial charge on any atom is 0.300 e. The zero-order chi connectivity index (χ0) is 12.1. The summed E-state index contributed by atoms with van der Waals surface area (Å²) >= 11 is 0. The van der Waals surface area contributed by atoms with Crippen molar-refractivity contribution in [3.8, 4) is 0 Å². The second kappa shape index (κ2) is 5.27. The molecule has 1 amide bonds. The highest BCUT2D eigenvalue weighted by Gasteiger charge is 2.11. The number of nitrogens with zero attached hydrogens (tertiary/aromatic N) is 2. The van der Waals surface area contributed by atoms with Gasteiger partial charge in [0.05, 0.1) is 5.69 Å². The van der Waals surface area contributed by atoms with Crippen molar-refractivity contribution in [1.82, 2.24) is 10.3 Å². The molecule has 0 aromatic heterocycles. The van der Waals surface area contributed by atoms with Gasteiger partial charge in [0, 0.05) is 14.1 Å². The topological polar surface area (TPSA) is 70.7 Å². The molecule has 0 radical (unpaired) electrons. The molecule has 0 heterocycles. The maximum absolute atomic E-state index is 11.4. The molecule has 1 aromatic carbocycles. The monoisotopic (exact) mass is 220 g/mol. The van der Waals surface area contributed by atoms with Crippen molar-refractivity contribution >= 4 is 17.4 Å². The lowest BCUT2D eigenvalue weighted by atomic mass is 10.2. The van der Waals surface area contributed by atoms with Gasteiger partial charge in [0.15, 0.2) is 5.84 Å².